The highest BCUT2D eigenvalue weighted by molar-refractivity contribution is 7.99. The van der Waals surface area contributed by atoms with Crippen LogP contribution in [0.3, 0.4) is 0 Å². The van der Waals surface area contributed by atoms with Crippen LogP contribution in [0.25, 0.3) is 0 Å². The van der Waals surface area contributed by atoms with Crippen molar-refractivity contribution in [2.45, 2.75) is 39.3 Å². The van der Waals surface area contributed by atoms with Gasteiger partial charge >= 0.3 is 0 Å². The van der Waals surface area contributed by atoms with Gasteiger partial charge in [0.1, 0.15) is 0 Å². The molecule has 19 heavy (non-hydrogen) atoms. The first-order valence-electron chi connectivity index (χ1n) is 7.09. The van der Waals surface area contributed by atoms with Gasteiger partial charge in [-0.05, 0) is 50.9 Å². The maximum absolute atomic E-state index is 6.49. The molecular formula is C16H26N2S. The molecular weight excluding hydrogens is 252 g/mol. The van der Waals surface area contributed by atoms with Crippen LogP contribution in [0.5, 0.6) is 0 Å². The van der Waals surface area contributed by atoms with Crippen molar-refractivity contribution in [3.8, 4) is 0 Å². The number of benzene rings is 1. The number of nitrogens with zero attached hydrogens (tertiary/aromatic N) is 1. The summed E-state index contributed by atoms with van der Waals surface area (Å²) in [6.45, 7) is 7.74. The lowest BCUT2D eigenvalue weighted by atomic mass is 9.92. The van der Waals surface area contributed by atoms with Gasteiger partial charge in [0, 0.05) is 30.1 Å². The van der Waals surface area contributed by atoms with Gasteiger partial charge in [-0.25, -0.2) is 0 Å². The van der Waals surface area contributed by atoms with Crippen LogP contribution in [-0.2, 0) is 6.42 Å². The third-order valence-electron chi connectivity index (χ3n) is 4.22. The lowest BCUT2D eigenvalue weighted by molar-refractivity contribution is 0.235. The van der Waals surface area contributed by atoms with Crippen LogP contribution in [0.2, 0.25) is 0 Å². The van der Waals surface area contributed by atoms with Gasteiger partial charge in [0.15, 0.2) is 0 Å². The second-order valence-corrected chi connectivity index (χ2v) is 7.02. The van der Waals surface area contributed by atoms with E-state index in [1.54, 1.807) is 0 Å². The zero-order chi connectivity index (χ0) is 14.0. The summed E-state index contributed by atoms with van der Waals surface area (Å²) in [5, 5.41) is 0. The van der Waals surface area contributed by atoms with Crippen molar-refractivity contribution in [2.24, 2.45) is 5.73 Å². The molecule has 0 aromatic heterocycles. The molecule has 2 N–H and O–H groups in total. The highest BCUT2D eigenvalue weighted by Crippen LogP contribution is 2.22. The number of hydrogen-bond acceptors (Lipinski definition) is 3. The Balaban J connectivity index is 2.12. The van der Waals surface area contributed by atoms with E-state index >= 15 is 0 Å². The fourth-order valence-corrected chi connectivity index (χ4v) is 4.39. The first-order valence-corrected chi connectivity index (χ1v) is 8.25. The summed E-state index contributed by atoms with van der Waals surface area (Å²) in [6, 6.07) is 5.29. The van der Waals surface area contributed by atoms with E-state index < -0.39 is 0 Å². The maximum Gasteiger partial charge on any atom is 0.0338 e. The van der Waals surface area contributed by atoms with E-state index in [2.05, 4.69) is 44.9 Å². The predicted octanol–water partition coefficient (Wildman–Crippen LogP) is 2.53. The smallest absolute Gasteiger partial charge is 0.0338 e. The SMILES string of the molecule is Cc1cc(C)c(CC(N)C2CSCCN2C)c(C)c1. The molecule has 2 nitrogen and oxygen atoms in total. The Hall–Kier alpha value is -0.510. The van der Waals surface area contributed by atoms with Crippen molar-refractivity contribution in [1.29, 1.82) is 0 Å². The molecule has 0 aliphatic carbocycles. The van der Waals surface area contributed by atoms with Crippen molar-refractivity contribution in [3.63, 3.8) is 0 Å². The van der Waals surface area contributed by atoms with Crippen molar-refractivity contribution < 1.29 is 0 Å². The molecule has 1 heterocycles. The molecule has 1 aromatic rings. The van der Waals surface area contributed by atoms with E-state index in [1.165, 1.54) is 33.8 Å². The number of thioether (sulfide) groups is 1. The molecule has 0 spiro atoms. The minimum Gasteiger partial charge on any atom is -0.326 e. The first-order chi connectivity index (χ1) is 8.99. The maximum atomic E-state index is 6.49. The molecule has 2 atom stereocenters. The zero-order valence-electron chi connectivity index (χ0n) is 12.6. The van der Waals surface area contributed by atoms with E-state index in [0.29, 0.717) is 6.04 Å². The summed E-state index contributed by atoms with van der Waals surface area (Å²) in [6.07, 6.45) is 0.994. The Morgan fingerprint density at radius 3 is 2.53 bits per heavy atom. The van der Waals surface area contributed by atoms with Crippen LogP contribution in [0.4, 0.5) is 0 Å². The van der Waals surface area contributed by atoms with Crippen LogP contribution in [0, 0.1) is 20.8 Å². The van der Waals surface area contributed by atoms with Crippen molar-refractivity contribution in [3.05, 3.63) is 34.4 Å². The molecule has 1 aliphatic heterocycles. The minimum atomic E-state index is 0.234. The van der Waals surface area contributed by atoms with Crippen molar-refractivity contribution in [2.75, 3.05) is 25.1 Å². The molecule has 2 rings (SSSR count). The fraction of sp³-hybridized carbons (Fsp3) is 0.625. The van der Waals surface area contributed by atoms with Gasteiger partial charge in [-0.1, -0.05) is 17.7 Å². The van der Waals surface area contributed by atoms with Crippen molar-refractivity contribution in [1.82, 2.24) is 4.90 Å². The number of aryl methyl sites for hydroxylation is 3. The zero-order valence-corrected chi connectivity index (χ0v) is 13.4. The van der Waals surface area contributed by atoms with Gasteiger partial charge in [-0.3, -0.25) is 0 Å². The molecule has 0 amide bonds. The largest absolute Gasteiger partial charge is 0.326 e. The lowest BCUT2D eigenvalue weighted by Crippen LogP contribution is -2.51. The summed E-state index contributed by atoms with van der Waals surface area (Å²) in [7, 11) is 2.21. The number of rotatable bonds is 3. The van der Waals surface area contributed by atoms with E-state index in [1.807, 2.05) is 11.8 Å². The molecule has 0 radical (unpaired) electrons. The summed E-state index contributed by atoms with van der Waals surface area (Å²) >= 11 is 2.03. The molecule has 1 aromatic carbocycles. The molecule has 1 aliphatic rings. The summed E-state index contributed by atoms with van der Waals surface area (Å²) in [5.41, 5.74) is 12.1. The second kappa shape index (κ2) is 6.29. The third kappa shape index (κ3) is 3.53. The number of nitrogens with two attached hydrogens (primary N) is 1. The Bertz CT molecular complexity index is 421. The second-order valence-electron chi connectivity index (χ2n) is 5.87. The summed E-state index contributed by atoms with van der Waals surface area (Å²) < 4.78 is 0. The number of likely N-dealkylation sites (N-methyl/N-ethyl adjacent to an activating group) is 1. The lowest BCUT2D eigenvalue weighted by Gasteiger charge is -2.36. The highest BCUT2D eigenvalue weighted by atomic mass is 32.2. The van der Waals surface area contributed by atoms with Crippen molar-refractivity contribution >= 4 is 11.8 Å². The highest BCUT2D eigenvalue weighted by Gasteiger charge is 2.26. The van der Waals surface area contributed by atoms with Gasteiger partial charge in [-0.2, -0.15) is 11.8 Å². The third-order valence-corrected chi connectivity index (χ3v) is 5.27. The quantitative estimate of drug-likeness (QED) is 0.921. The molecule has 0 saturated carbocycles. The fourth-order valence-electron chi connectivity index (χ4n) is 3.06. The Morgan fingerprint density at radius 2 is 1.95 bits per heavy atom. The summed E-state index contributed by atoms with van der Waals surface area (Å²) in [4.78, 5) is 2.43. The van der Waals surface area contributed by atoms with Crippen LogP contribution < -0.4 is 5.73 Å². The van der Waals surface area contributed by atoms with Gasteiger partial charge in [0.25, 0.3) is 0 Å². The first kappa shape index (κ1) is 14.9. The topological polar surface area (TPSA) is 29.3 Å². The molecule has 1 fully saturated rings. The van der Waals surface area contributed by atoms with Crippen LogP contribution in [0.1, 0.15) is 22.3 Å². The standard InChI is InChI=1S/C16H26N2S/c1-11-7-12(2)14(13(3)8-11)9-15(17)16-10-19-6-5-18(16)4/h7-8,15-16H,5-6,9-10,17H2,1-4H3. The Morgan fingerprint density at radius 1 is 1.32 bits per heavy atom. The minimum absolute atomic E-state index is 0.234. The Kier molecular flexibility index (Phi) is 4.93. The van der Waals surface area contributed by atoms with Crippen LogP contribution in [-0.4, -0.2) is 42.1 Å². The van der Waals surface area contributed by atoms with Gasteiger partial charge < -0.3 is 10.6 Å². The van der Waals surface area contributed by atoms with Gasteiger partial charge in [0.2, 0.25) is 0 Å². The predicted molar refractivity (Wildman–Crippen MR) is 86.1 cm³/mol. The van der Waals surface area contributed by atoms with E-state index in [0.717, 1.165) is 13.0 Å². The molecule has 2 unspecified atom stereocenters. The normalized spacial score (nSPS) is 22.5. The molecule has 106 valence electrons. The number of hydrogen-bond donors (Lipinski definition) is 1. The molecule has 0 bridgehead atoms. The monoisotopic (exact) mass is 278 g/mol. The van der Waals surface area contributed by atoms with E-state index in [9.17, 15) is 0 Å². The van der Waals surface area contributed by atoms with Gasteiger partial charge in [0.05, 0.1) is 0 Å². The average molecular weight is 278 g/mol. The van der Waals surface area contributed by atoms with E-state index in [-0.39, 0.29) is 6.04 Å². The molecule has 3 heteroatoms. The summed E-state index contributed by atoms with van der Waals surface area (Å²) in [5.74, 6) is 2.41. The van der Waals surface area contributed by atoms with Crippen LogP contribution >= 0.6 is 11.8 Å². The average Bonchev–Trinajstić information content (AvgIpc) is 2.34. The van der Waals surface area contributed by atoms with E-state index in [4.69, 9.17) is 5.73 Å². The Labute approximate surface area is 121 Å². The van der Waals surface area contributed by atoms with Gasteiger partial charge in [-0.15, -0.1) is 0 Å². The van der Waals surface area contributed by atoms with Crippen LogP contribution in [0.15, 0.2) is 12.1 Å². The molecule has 1 saturated heterocycles.